The number of hydrogen-bond acceptors (Lipinski definition) is 3. The van der Waals surface area contributed by atoms with E-state index in [2.05, 4.69) is 15.2 Å². The fourth-order valence-corrected chi connectivity index (χ4v) is 1.67. The van der Waals surface area contributed by atoms with Crippen molar-refractivity contribution in [2.45, 2.75) is 0 Å². The molecule has 6 heteroatoms. The number of aromatic nitrogens is 4. The molecule has 3 rings (SSSR count). The van der Waals surface area contributed by atoms with E-state index < -0.39 is 5.97 Å². The Kier molecular flexibility index (Phi) is 1.94. The van der Waals surface area contributed by atoms with Crippen LogP contribution >= 0.6 is 0 Å². The van der Waals surface area contributed by atoms with E-state index in [-0.39, 0.29) is 5.69 Å². The van der Waals surface area contributed by atoms with Crippen molar-refractivity contribution in [3.05, 3.63) is 42.6 Å². The van der Waals surface area contributed by atoms with Crippen molar-refractivity contribution in [3.8, 4) is 11.1 Å². The van der Waals surface area contributed by atoms with Crippen molar-refractivity contribution in [2.75, 3.05) is 0 Å². The number of fused-ring (bicyclic) bond motifs is 1. The number of aromatic amines is 1. The number of carboxylic acids is 1. The summed E-state index contributed by atoms with van der Waals surface area (Å²) in [5.41, 5.74) is 2.53. The first-order valence-electron chi connectivity index (χ1n) is 4.95. The maximum Gasteiger partial charge on any atom is 0.356 e. The molecule has 2 N–H and O–H groups in total. The number of carboxylic acid groups (broad SMARTS) is 1. The van der Waals surface area contributed by atoms with Crippen LogP contribution in [0.25, 0.3) is 16.8 Å². The van der Waals surface area contributed by atoms with Gasteiger partial charge >= 0.3 is 5.97 Å². The lowest BCUT2D eigenvalue weighted by molar-refractivity contribution is 0.0691. The number of pyridine rings is 1. The molecule has 84 valence electrons. The van der Waals surface area contributed by atoms with Crippen LogP contribution in [0.1, 0.15) is 10.5 Å². The predicted octanol–water partition coefficient (Wildman–Crippen LogP) is 1.42. The zero-order valence-corrected chi connectivity index (χ0v) is 8.66. The van der Waals surface area contributed by atoms with Crippen molar-refractivity contribution >= 4 is 11.6 Å². The second-order valence-corrected chi connectivity index (χ2v) is 3.60. The van der Waals surface area contributed by atoms with E-state index in [0.717, 1.165) is 11.1 Å². The fourth-order valence-electron chi connectivity index (χ4n) is 1.67. The Hall–Kier alpha value is -2.63. The van der Waals surface area contributed by atoms with Gasteiger partial charge < -0.3 is 9.51 Å². The molecule has 3 heterocycles. The second kappa shape index (κ2) is 3.44. The third-order valence-corrected chi connectivity index (χ3v) is 2.50. The molecule has 0 saturated carbocycles. The highest BCUT2D eigenvalue weighted by Crippen LogP contribution is 2.18. The van der Waals surface area contributed by atoms with Crippen LogP contribution in [0, 0.1) is 0 Å². The molecule has 6 nitrogen and oxygen atoms in total. The summed E-state index contributed by atoms with van der Waals surface area (Å²) in [6.07, 6.45) is 6.79. The van der Waals surface area contributed by atoms with E-state index >= 15 is 0 Å². The standard InChI is InChI=1S/C11H8N4O2/c16-11(17)9-6-15-5-7(1-2-10(15)14-9)8-3-12-13-4-8/h1-6H,(H,12,13)(H,16,17). The lowest BCUT2D eigenvalue weighted by Gasteiger charge is -1.97. The van der Waals surface area contributed by atoms with E-state index in [0.29, 0.717) is 5.65 Å². The van der Waals surface area contributed by atoms with Crippen molar-refractivity contribution in [1.82, 2.24) is 19.6 Å². The topological polar surface area (TPSA) is 83.3 Å². The summed E-state index contributed by atoms with van der Waals surface area (Å²) < 4.78 is 1.69. The number of nitrogens with zero attached hydrogens (tertiary/aromatic N) is 3. The molecule has 0 aliphatic rings. The first-order valence-corrected chi connectivity index (χ1v) is 4.95. The molecule has 0 spiro atoms. The molecule has 0 saturated heterocycles. The molecule has 3 aromatic heterocycles. The molecular weight excluding hydrogens is 220 g/mol. The monoisotopic (exact) mass is 228 g/mol. The largest absolute Gasteiger partial charge is 0.476 e. The van der Waals surface area contributed by atoms with Gasteiger partial charge in [-0.2, -0.15) is 5.10 Å². The highest BCUT2D eigenvalue weighted by molar-refractivity contribution is 5.86. The van der Waals surface area contributed by atoms with Crippen LogP contribution in [0.2, 0.25) is 0 Å². The average molecular weight is 228 g/mol. The first-order chi connectivity index (χ1) is 8.24. The van der Waals surface area contributed by atoms with E-state index in [1.807, 2.05) is 12.3 Å². The van der Waals surface area contributed by atoms with Gasteiger partial charge in [0.25, 0.3) is 0 Å². The summed E-state index contributed by atoms with van der Waals surface area (Å²) in [7, 11) is 0. The quantitative estimate of drug-likeness (QED) is 0.694. The zero-order valence-electron chi connectivity index (χ0n) is 8.66. The maximum absolute atomic E-state index is 10.8. The minimum Gasteiger partial charge on any atom is -0.476 e. The van der Waals surface area contributed by atoms with E-state index in [1.165, 1.54) is 6.20 Å². The van der Waals surface area contributed by atoms with Crippen LogP contribution in [-0.4, -0.2) is 30.7 Å². The van der Waals surface area contributed by atoms with Crippen LogP contribution in [0.4, 0.5) is 0 Å². The molecule has 0 amide bonds. The highest BCUT2D eigenvalue weighted by atomic mass is 16.4. The Balaban J connectivity index is 2.16. The molecular formula is C11H8N4O2. The van der Waals surface area contributed by atoms with Crippen LogP contribution in [-0.2, 0) is 0 Å². The number of rotatable bonds is 2. The molecule has 0 radical (unpaired) electrons. The molecule has 0 aliphatic carbocycles. The number of aromatic carboxylic acids is 1. The molecule has 0 aliphatic heterocycles. The van der Waals surface area contributed by atoms with Crippen LogP contribution in [0.5, 0.6) is 0 Å². The Bertz CT molecular complexity index is 685. The fraction of sp³-hybridized carbons (Fsp3) is 0. The van der Waals surface area contributed by atoms with Crippen molar-refractivity contribution in [1.29, 1.82) is 0 Å². The smallest absolute Gasteiger partial charge is 0.356 e. The van der Waals surface area contributed by atoms with Gasteiger partial charge in [0, 0.05) is 29.7 Å². The highest BCUT2D eigenvalue weighted by Gasteiger charge is 2.09. The molecule has 0 unspecified atom stereocenters. The Morgan fingerprint density at radius 1 is 1.29 bits per heavy atom. The Labute approximate surface area is 95.5 Å². The van der Waals surface area contributed by atoms with Gasteiger partial charge in [-0.05, 0) is 12.1 Å². The van der Waals surface area contributed by atoms with Crippen LogP contribution in [0.15, 0.2) is 36.9 Å². The molecule has 0 atom stereocenters. The van der Waals surface area contributed by atoms with Gasteiger partial charge in [-0.25, -0.2) is 9.78 Å². The van der Waals surface area contributed by atoms with Gasteiger partial charge in [0.05, 0.1) is 6.20 Å². The number of imidazole rings is 1. The normalized spacial score (nSPS) is 10.8. The Morgan fingerprint density at radius 2 is 2.18 bits per heavy atom. The van der Waals surface area contributed by atoms with Gasteiger partial charge in [0.15, 0.2) is 5.69 Å². The predicted molar refractivity (Wildman–Crippen MR) is 59.7 cm³/mol. The SMILES string of the molecule is O=C(O)c1cn2cc(-c3cn[nH]c3)ccc2n1. The maximum atomic E-state index is 10.8. The minimum atomic E-state index is -1.03. The van der Waals surface area contributed by atoms with Gasteiger partial charge in [0.2, 0.25) is 0 Å². The van der Waals surface area contributed by atoms with Crippen molar-refractivity contribution < 1.29 is 9.90 Å². The lowest BCUT2D eigenvalue weighted by atomic mass is 10.2. The number of carbonyl (C=O) groups is 1. The molecule has 3 aromatic rings. The van der Waals surface area contributed by atoms with Crippen molar-refractivity contribution in [2.24, 2.45) is 0 Å². The summed E-state index contributed by atoms with van der Waals surface area (Å²) >= 11 is 0. The third-order valence-electron chi connectivity index (χ3n) is 2.50. The second-order valence-electron chi connectivity index (χ2n) is 3.60. The summed E-state index contributed by atoms with van der Waals surface area (Å²) in [5.74, 6) is -1.03. The summed E-state index contributed by atoms with van der Waals surface area (Å²) in [6.45, 7) is 0. The van der Waals surface area contributed by atoms with Gasteiger partial charge in [-0.3, -0.25) is 5.10 Å². The van der Waals surface area contributed by atoms with E-state index in [4.69, 9.17) is 5.11 Å². The third kappa shape index (κ3) is 1.55. The minimum absolute atomic E-state index is 0.0364. The summed E-state index contributed by atoms with van der Waals surface area (Å²) in [4.78, 5) is 14.8. The number of H-pyrrole nitrogens is 1. The molecule has 0 fully saturated rings. The van der Waals surface area contributed by atoms with Gasteiger partial charge in [-0.15, -0.1) is 0 Å². The Morgan fingerprint density at radius 3 is 2.88 bits per heavy atom. The summed E-state index contributed by atoms with van der Waals surface area (Å²) in [5, 5.41) is 15.4. The number of nitrogens with one attached hydrogen (secondary N) is 1. The lowest BCUT2D eigenvalue weighted by Crippen LogP contribution is -1.94. The van der Waals surface area contributed by atoms with Crippen LogP contribution < -0.4 is 0 Å². The molecule has 17 heavy (non-hydrogen) atoms. The van der Waals surface area contributed by atoms with Gasteiger partial charge in [-0.1, -0.05) is 0 Å². The van der Waals surface area contributed by atoms with E-state index in [1.54, 1.807) is 22.9 Å². The van der Waals surface area contributed by atoms with E-state index in [9.17, 15) is 4.79 Å². The molecule has 0 bridgehead atoms. The van der Waals surface area contributed by atoms with Crippen LogP contribution in [0.3, 0.4) is 0 Å². The number of hydrogen-bond donors (Lipinski definition) is 2. The first kappa shape index (κ1) is 9.59. The molecule has 0 aromatic carbocycles. The average Bonchev–Trinajstić information content (AvgIpc) is 2.97. The summed E-state index contributed by atoms with van der Waals surface area (Å²) in [6, 6.07) is 3.65. The zero-order chi connectivity index (χ0) is 11.8. The van der Waals surface area contributed by atoms with Gasteiger partial charge in [0.1, 0.15) is 5.65 Å². The van der Waals surface area contributed by atoms with Crippen molar-refractivity contribution in [3.63, 3.8) is 0 Å².